The fraction of sp³-hybridized carbons (Fsp3) is 0.286. The van der Waals surface area contributed by atoms with E-state index >= 15 is 0 Å². The van der Waals surface area contributed by atoms with E-state index < -0.39 is 23.9 Å². The van der Waals surface area contributed by atoms with E-state index in [4.69, 9.17) is 5.11 Å². The summed E-state index contributed by atoms with van der Waals surface area (Å²) in [6, 6.07) is 1.96. The Morgan fingerprint density at radius 1 is 1.48 bits per heavy atom. The molecule has 0 aliphatic rings. The van der Waals surface area contributed by atoms with Crippen molar-refractivity contribution in [2.24, 2.45) is 0 Å². The van der Waals surface area contributed by atoms with Crippen LogP contribution in [0.3, 0.4) is 0 Å². The maximum absolute atomic E-state index is 11.8. The second-order valence-electron chi connectivity index (χ2n) is 4.00. The lowest BCUT2D eigenvalue weighted by Crippen LogP contribution is -2.40. The molecular formula is C14H16N2O5. The molecule has 21 heavy (non-hydrogen) atoms. The Bertz CT molecular complexity index is 527. The van der Waals surface area contributed by atoms with E-state index in [2.05, 4.69) is 15.0 Å². The number of rotatable bonds is 7. The fourth-order valence-electron chi connectivity index (χ4n) is 1.45. The van der Waals surface area contributed by atoms with Gasteiger partial charge in [-0.2, -0.15) is 0 Å². The number of esters is 1. The van der Waals surface area contributed by atoms with Gasteiger partial charge in [-0.15, -0.1) is 0 Å². The average molecular weight is 292 g/mol. The van der Waals surface area contributed by atoms with Gasteiger partial charge in [-0.3, -0.25) is 9.78 Å². The van der Waals surface area contributed by atoms with Gasteiger partial charge in [0, 0.05) is 18.5 Å². The average Bonchev–Trinajstić information content (AvgIpc) is 2.47. The molecule has 0 aromatic carbocycles. The normalized spacial score (nSPS) is 11.9. The lowest BCUT2D eigenvalue weighted by atomic mass is 10.1. The second kappa shape index (κ2) is 8.47. The Morgan fingerprint density at radius 3 is 2.81 bits per heavy atom. The van der Waals surface area contributed by atoms with Crippen molar-refractivity contribution in [3.05, 3.63) is 42.2 Å². The monoisotopic (exact) mass is 292 g/mol. The predicted molar refractivity (Wildman–Crippen MR) is 73.5 cm³/mol. The second-order valence-corrected chi connectivity index (χ2v) is 4.00. The number of aromatic nitrogens is 1. The van der Waals surface area contributed by atoms with Crippen molar-refractivity contribution in [2.75, 3.05) is 6.61 Å². The molecule has 1 aromatic heterocycles. The fourth-order valence-corrected chi connectivity index (χ4v) is 1.45. The van der Waals surface area contributed by atoms with E-state index in [0.717, 1.165) is 6.08 Å². The number of carbonyl (C=O) groups excluding carboxylic acids is 2. The van der Waals surface area contributed by atoms with Crippen LogP contribution in [0.4, 0.5) is 0 Å². The number of hydrogen-bond donors (Lipinski definition) is 2. The molecule has 0 saturated carbocycles. The van der Waals surface area contributed by atoms with E-state index in [9.17, 15) is 14.4 Å². The molecule has 0 bridgehead atoms. The molecule has 1 aromatic rings. The number of nitrogens with one attached hydrogen (secondary N) is 1. The van der Waals surface area contributed by atoms with E-state index in [1.807, 2.05) is 0 Å². The van der Waals surface area contributed by atoms with Crippen LogP contribution in [0.25, 0.3) is 0 Å². The highest BCUT2D eigenvalue weighted by Gasteiger charge is 2.19. The molecule has 1 rings (SSSR count). The quantitative estimate of drug-likeness (QED) is 0.568. The summed E-state index contributed by atoms with van der Waals surface area (Å²) >= 11 is 0. The molecule has 0 aliphatic heterocycles. The van der Waals surface area contributed by atoms with Crippen molar-refractivity contribution < 1.29 is 24.2 Å². The Labute approximate surface area is 121 Å². The summed E-state index contributed by atoms with van der Waals surface area (Å²) in [5.41, 5.74) is 0.262. The molecule has 0 saturated heterocycles. The smallest absolute Gasteiger partial charge is 0.330 e. The molecule has 2 N–H and O–H groups in total. The summed E-state index contributed by atoms with van der Waals surface area (Å²) in [6.45, 7) is 1.91. The molecular weight excluding hydrogens is 276 g/mol. The van der Waals surface area contributed by atoms with Crippen LogP contribution >= 0.6 is 0 Å². The van der Waals surface area contributed by atoms with Gasteiger partial charge in [0.1, 0.15) is 6.04 Å². The van der Waals surface area contributed by atoms with Gasteiger partial charge in [-0.05, 0) is 25.5 Å². The minimum atomic E-state index is -1.19. The van der Waals surface area contributed by atoms with Gasteiger partial charge in [-0.25, -0.2) is 9.59 Å². The molecule has 1 heterocycles. The molecule has 7 heteroatoms. The van der Waals surface area contributed by atoms with Crippen LogP contribution in [-0.2, 0) is 14.3 Å². The molecule has 0 radical (unpaired) electrons. The van der Waals surface area contributed by atoms with Crippen LogP contribution in [0.2, 0.25) is 0 Å². The van der Waals surface area contributed by atoms with Crippen LogP contribution in [-0.4, -0.2) is 40.6 Å². The molecule has 0 fully saturated rings. The minimum absolute atomic E-state index is 0.0276. The van der Waals surface area contributed by atoms with Crippen LogP contribution in [0, 0.1) is 0 Å². The molecule has 0 aliphatic carbocycles. The third kappa shape index (κ3) is 5.85. The van der Waals surface area contributed by atoms with E-state index in [0.29, 0.717) is 0 Å². The van der Waals surface area contributed by atoms with Crippen molar-refractivity contribution in [2.45, 2.75) is 19.4 Å². The molecule has 1 atom stereocenters. The van der Waals surface area contributed by atoms with Crippen LogP contribution in [0.5, 0.6) is 0 Å². The maximum atomic E-state index is 11.8. The highest BCUT2D eigenvalue weighted by Crippen LogP contribution is 2.00. The number of nitrogens with zero attached hydrogens (tertiary/aromatic N) is 1. The van der Waals surface area contributed by atoms with Crippen LogP contribution in [0.1, 0.15) is 23.7 Å². The number of carbonyl (C=O) groups is 3. The molecule has 0 spiro atoms. The third-order valence-corrected chi connectivity index (χ3v) is 2.44. The van der Waals surface area contributed by atoms with Crippen molar-refractivity contribution >= 4 is 17.8 Å². The lowest BCUT2D eigenvalue weighted by Gasteiger charge is -2.12. The first-order valence-electron chi connectivity index (χ1n) is 6.31. The van der Waals surface area contributed by atoms with Gasteiger partial charge in [0.2, 0.25) is 0 Å². The van der Waals surface area contributed by atoms with Gasteiger partial charge < -0.3 is 15.2 Å². The zero-order chi connectivity index (χ0) is 15.7. The summed E-state index contributed by atoms with van der Waals surface area (Å²) in [6.07, 6.45) is 5.30. The Morgan fingerprint density at radius 2 is 2.24 bits per heavy atom. The van der Waals surface area contributed by atoms with Crippen molar-refractivity contribution in [1.29, 1.82) is 0 Å². The number of pyridine rings is 1. The lowest BCUT2D eigenvalue weighted by molar-refractivity contribution is -0.139. The zero-order valence-electron chi connectivity index (χ0n) is 11.5. The molecule has 1 amide bonds. The standard InChI is InChI=1S/C14H16N2O5/c1-2-21-12(17)7-3-6-11(14(19)20)16-13(18)10-5-4-8-15-9-10/h3-5,7-9,11H,2,6H2,1H3,(H,16,18)(H,19,20)/b7-3+/t11-/m0/s1. The number of carboxylic acids is 1. The van der Waals surface area contributed by atoms with Crippen molar-refractivity contribution in [3.8, 4) is 0 Å². The van der Waals surface area contributed by atoms with E-state index in [1.165, 1.54) is 24.5 Å². The summed E-state index contributed by atoms with van der Waals surface area (Å²) < 4.78 is 4.67. The number of aliphatic carboxylic acids is 1. The first kappa shape index (κ1) is 16.4. The summed E-state index contributed by atoms with van der Waals surface area (Å²) in [5.74, 6) is -2.29. The highest BCUT2D eigenvalue weighted by molar-refractivity contribution is 5.96. The first-order chi connectivity index (χ1) is 10.0. The van der Waals surface area contributed by atoms with Gasteiger partial charge in [0.05, 0.1) is 12.2 Å². The number of hydrogen-bond acceptors (Lipinski definition) is 5. The maximum Gasteiger partial charge on any atom is 0.330 e. The number of amides is 1. The number of ether oxygens (including phenoxy) is 1. The predicted octanol–water partition coefficient (Wildman–Crippen LogP) is 0.774. The Hall–Kier alpha value is -2.70. The van der Waals surface area contributed by atoms with Crippen LogP contribution in [0.15, 0.2) is 36.7 Å². The van der Waals surface area contributed by atoms with Crippen molar-refractivity contribution in [1.82, 2.24) is 10.3 Å². The SMILES string of the molecule is CCOC(=O)/C=C/C[C@H](NC(=O)c1cccnc1)C(=O)O. The Balaban J connectivity index is 2.60. The van der Waals surface area contributed by atoms with Gasteiger partial charge >= 0.3 is 11.9 Å². The highest BCUT2D eigenvalue weighted by atomic mass is 16.5. The molecule has 112 valence electrons. The topological polar surface area (TPSA) is 106 Å². The number of carboxylic acid groups (broad SMARTS) is 1. The third-order valence-electron chi connectivity index (χ3n) is 2.44. The molecule has 0 unspecified atom stereocenters. The van der Waals surface area contributed by atoms with Crippen molar-refractivity contribution in [3.63, 3.8) is 0 Å². The van der Waals surface area contributed by atoms with Gasteiger partial charge in [0.15, 0.2) is 0 Å². The molecule has 7 nitrogen and oxygen atoms in total. The summed E-state index contributed by atoms with van der Waals surface area (Å²) in [5, 5.41) is 11.4. The summed E-state index contributed by atoms with van der Waals surface area (Å²) in [7, 11) is 0. The largest absolute Gasteiger partial charge is 0.480 e. The van der Waals surface area contributed by atoms with E-state index in [-0.39, 0.29) is 18.6 Å². The van der Waals surface area contributed by atoms with Crippen LogP contribution < -0.4 is 5.32 Å². The first-order valence-corrected chi connectivity index (χ1v) is 6.31. The summed E-state index contributed by atoms with van der Waals surface area (Å²) in [4.78, 5) is 37.8. The minimum Gasteiger partial charge on any atom is -0.480 e. The van der Waals surface area contributed by atoms with Gasteiger partial charge in [0.25, 0.3) is 5.91 Å². The zero-order valence-corrected chi connectivity index (χ0v) is 11.5. The van der Waals surface area contributed by atoms with Gasteiger partial charge in [-0.1, -0.05) is 6.08 Å². The van der Waals surface area contributed by atoms with E-state index in [1.54, 1.807) is 13.0 Å². The Kier molecular flexibility index (Phi) is 6.59.